The molecule has 7 heteroatoms. The number of aliphatic hydroxyl groups is 1. The predicted molar refractivity (Wildman–Crippen MR) is 206 cm³/mol. The average molecular weight is 672 g/mol. The lowest BCUT2D eigenvalue weighted by Crippen LogP contribution is -2.14. The van der Waals surface area contributed by atoms with Gasteiger partial charge in [-0.15, -0.1) is 0 Å². The summed E-state index contributed by atoms with van der Waals surface area (Å²) in [5, 5.41) is 19.4. The second kappa shape index (κ2) is 21.6. The van der Waals surface area contributed by atoms with Crippen molar-refractivity contribution < 1.29 is 14.7 Å². The minimum Gasteiger partial charge on any atom is -0.513 e. The summed E-state index contributed by atoms with van der Waals surface area (Å²) in [7, 11) is 0. The monoisotopic (exact) mass is 671 g/mol. The topological polar surface area (TPSA) is 103 Å². The number of rotatable bonds is 10. The van der Waals surface area contributed by atoms with Crippen LogP contribution in [0.4, 0.5) is 5.69 Å². The van der Waals surface area contributed by atoms with Gasteiger partial charge in [-0.1, -0.05) is 95.5 Å². The van der Waals surface area contributed by atoms with Gasteiger partial charge in [0.25, 0.3) is 5.91 Å². The molecule has 1 atom stereocenters. The highest BCUT2D eigenvalue weighted by atomic mass is 35.5. The van der Waals surface area contributed by atoms with Crippen molar-refractivity contribution in [3.63, 3.8) is 0 Å². The molecule has 3 aromatic carbocycles. The van der Waals surface area contributed by atoms with E-state index in [1.165, 1.54) is 12.8 Å². The number of nitrogens with zero attached hydrogens (tertiary/aromatic N) is 1. The number of allylic oxidation sites excluding steroid dienone is 1. The molecule has 1 aromatic heterocycles. The van der Waals surface area contributed by atoms with E-state index in [4.69, 9.17) is 27.1 Å². The van der Waals surface area contributed by atoms with Crippen molar-refractivity contribution in [2.45, 2.75) is 94.4 Å². The lowest BCUT2D eigenvalue weighted by Gasteiger charge is -2.14. The largest absolute Gasteiger partial charge is 0.513 e. The number of fused-ring (bicyclic) bond motifs is 1. The molecular weight excluding hydrogens is 618 g/mol. The van der Waals surface area contributed by atoms with E-state index in [2.05, 4.69) is 24.9 Å². The first-order valence-electron chi connectivity index (χ1n) is 16.8. The van der Waals surface area contributed by atoms with Crippen LogP contribution in [0.3, 0.4) is 0 Å². The Hall–Kier alpha value is -4.29. The number of ketones is 1. The molecule has 0 radical (unpaired) electrons. The van der Waals surface area contributed by atoms with Crippen LogP contribution in [0.5, 0.6) is 0 Å². The molecule has 0 bridgehead atoms. The Kier molecular flexibility index (Phi) is 18.7. The maximum absolute atomic E-state index is 13.5. The molecule has 4 aromatic rings. The van der Waals surface area contributed by atoms with Crippen LogP contribution < -0.4 is 5.32 Å². The van der Waals surface area contributed by atoms with Gasteiger partial charge >= 0.3 is 0 Å². The van der Waals surface area contributed by atoms with Crippen LogP contribution >= 0.6 is 11.6 Å². The summed E-state index contributed by atoms with van der Waals surface area (Å²) in [5.41, 5.74) is 6.69. The van der Waals surface area contributed by atoms with Gasteiger partial charge < -0.3 is 15.8 Å². The fourth-order valence-corrected chi connectivity index (χ4v) is 4.87. The van der Waals surface area contributed by atoms with Gasteiger partial charge in [0.05, 0.1) is 22.5 Å². The standard InChI is InChI=1S/C29H27ClN2O2.C7H14O.C3H7N.C2H6/c1-5-18(3)28(33)20-10-12-21(13-11-20)31-29(34)24-16-26(22-8-6-7-9-25(22)30)32-27-19(4)14-17(2)15-23(24)27;1-3-4-5-6-7(2)8;1-3(2)4;1-2/h6-16,18H,5H2,1-4H3,(H,31,34);8H,2-6H2,1H3;4H,1-2H3;1-2H3. The SMILES string of the molecule is C=C(O)CCCCC.CC.CC(C)=N.CCC(C)C(=O)c1ccc(NC(=O)c2cc(-c3ccccc3Cl)nc3c(C)cc(C)cc23)cc1. The molecule has 1 amide bonds. The number of aliphatic hydroxyl groups excluding tert-OH is 1. The number of hydrogen-bond donors (Lipinski definition) is 3. The first kappa shape index (κ1) is 41.7. The third-order valence-corrected chi connectivity index (χ3v) is 7.53. The zero-order valence-electron chi connectivity index (χ0n) is 30.3. The Balaban J connectivity index is 0.000000698. The second-order valence-corrected chi connectivity index (χ2v) is 12.1. The van der Waals surface area contributed by atoms with Gasteiger partial charge in [0.15, 0.2) is 5.78 Å². The smallest absolute Gasteiger partial charge is 0.256 e. The lowest BCUT2D eigenvalue weighted by atomic mass is 9.97. The Morgan fingerprint density at radius 3 is 2.12 bits per heavy atom. The Morgan fingerprint density at radius 1 is 0.979 bits per heavy atom. The van der Waals surface area contributed by atoms with Crippen LogP contribution in [0.25, 0.3) is 22.2 Å². The number of pyridine rings is 1. The van der Waals surface area contributed by atoms with E-state index in [1.807, 2.05) is 71.9 Å². The Labute approximate surface area is 293 Å². The molecule has 3 N–H and O–H groups in total. The van der Waals surface area contributed by atoms with Gasteiger partial charge in [-0.3, -0.25) is 9.59 Å². The van der Waals surface area contributed by atoms with Gasteiger partial charge in [-0.25, -0.2) is 4.98 Å². The van der Waals surface area contributed by atoms with E-state index in [0.29, 0.717) is 39.0 Å². The zero-order chi connectivity index (χ0) is 36.4. The van der Waals surface area contributed by atoms with E-state index in [9.17, 15) is 9.59 Å². The fourth-order valence-electron chi connectivity index (χ4n) is 4.64. The highest BCUT2D eigenvalue weighted by Crippen LogP contribution is 2.32. The van der Waals surface area contributed by atoms with Crippen LogP contribution in [-0.4, -0.2) is 27.5 Å². The van der Waals surface area contributed by atoms with Gasteiger partial charge in [0.2, 0.25) is 0 Å². The minimum atomic E-state index is -0.244. The van der Waals surface area contributed by atoms with Crippen molar-refractivity contribution >= 4 is 45.6 Å². The normalized spacial score (nSPS) is 10.6. The number of Topliss-reactive ketones (excluding diaryl/α,β-unsaturated/α-hetero) is 1. The molecule has 4 rings (SSSR count). The van der Waals surface area contributed by atoms with Gasteiger partial charge in [0, 0.05) is 45.3 Å². The maximum atomic E-state index is 13.5. The van der Waals surface area contributed by atoms with Crippen molar-refractivity contribution in [1.82, 2.24) is 4.98 Å². The number of hydrogen-bond acceptors (Lipinski definition) is 5. The van der Waals surface area contributed by atoms with Crippen LogP contribution in [-0.2, 0) is 0 Å². The number of aryl methyl sites for hydroxylation is 2. The zero-order valence-corrected chi connectivity index (χ0v) is 31.0. The number of aromatic nitrogens is 1. The number of anilines is 1. The van der Waals surface area contributed by atoms with Crippen molar-refractivity contribution in [2.24, 2.45) is 5.92 Å². The number of halogens is 1. The first-order valence-corrected chi connectivity index (χ1v) is 17.2. The number of carbonyl (C=O) groups excluding carboxylic acids is 2. The first-order chi connectivity index (χ1) is 22.8. The number of benzene rings is 3. The molecule has 0 fully saturated rings. The lowest BCUT2D eigenvalue weighted by molar-refractivity contribution is 0.0927. The number of amides is 1. The van der Waals surface area contributed by atoms with Crippen molar-refractivity contribution in [2.75, 3.05) is 5.32 Å². The third kappa shape index (κ3) is 13.4. The van der Waals surface area contributed by atoms with E-state index in [1.54, 1.807) is 44.2 Å². The van der Waals surface area contributed by atoms with Crippen LogP contribution in [0.15, 0.2) is 79.1 Å². The molecule has 0 aliphatic heterocycles. The van der Waals surface area contributed by atoms with Crippen molar-refractivity contribution in [3.05, 3.63) is 106 Å². The van der Waals surface area contributed by atoms with Gasteiger partial charge in [-0.05, 0) is 88.6 Å². The number of unbranched alkanes of at least 4 members (excludes halogenated alkanes) is 2. The Morgan fingerprint density at radius 2 is 1.58 bits per heavy atom. The van der Waals surface area contributed by atoms with E-state index < -0.39 is 0 Å². The van der Waals surface area contributed by atoms with Gasteiger partial charge in [0.1, 0.15) is 0 Å². The molecule has 0 spiro atoms. The maximum Gasteiger partial charge on any atom is 0.256 e. The molecule has 6 nitrogen and oxygen atoms in total. The average Bonchev–Trinajstić information content (AvgIpc) is 3.05. The van der Waals surface area contributed by atoms with Crippen molar-refractivity contribution in [1.29, 1.82) is 5.41 Å². The van der Waals surface area contributed by atoms with E-state index in [0.717, 1.165) is 46.9 Å². The highest BCUT2D eigenvalue weighted by Gasteiger charge is 2.18. The fraction of sp³-hybridized carbons (Fsp3) is 0.366. The van der Waals surface area contributed by atoms with E-state index >= 15 is 0 Å². The van der Waals surface area contributed by atoms with Crippen LogP contribution in [0.2, 0.25) is 5.02 Å². The second-order valence-electron chi connectivity index (χ2n) is 11.7. The molecule has 258 valence electrons. The summed E-state index contributed by atoms with van der Waals surface area (Å²) in [4.78, 5) is 30.7. The molecule has 1 heterocycles. The molecule has 0 saturated carbocycles. The van der Waals surface area contributed by atoms with Gasteiger partial charge in [-0.2, -0.15) is 0 Å². The summed E-state index contributed by atoms with van der Waals surface area (Å²) in [6.45, 7) is 20.9. The summed E-state index contributed by atoms with van der Waals surface area (Å²) >= 11 is 6.44. The minimum absolute atomic E-state index is 0.0293. The molecule has 48 heavy (non-hydrogen) atoms. The third-order valence-electron chi connectivity index (χ3n) is 7.20. The van der Waals surface area contributed by atoms with Crippen molar-refractivity contribution in [3.8, 4) is 11.3 Å². The van der Waals surface area contributed by atoms with E-state index in [-0.39, 0.29) is 17.6 Å². The number of carbonyl (C=O) groups is 2. The summed E-state index contributed by atoms with van der Waals surface area (Å²) in [6, 6.07) is 20.4. The highest BCUT2D eigenvalue weighted by molar-refractivity contribution is 6.33. The summed E-state index contributed by atoms with van der Waals surface area (Å²) in [6.07, 6.45) is 5.03. The molecule has 1 unspecified atom stereocenters. The quantitative estimate of drug-likeness (QED) is 0.0675. The summed E-state index contributed by atoms with van der Waals surface area (Å²) < 4.78 is 0. The van der Waals surface area contributed by atoms with Crippen LogP contribution in [0.1, 0.15) is 112 Å². The number of nitrogens with one attached hydrogen (secondary N) is 2. The molecule has 0 aliphatic carbocycles. The molecule has 0 saturated heterocycles. The summed E-state index contributed by atoms with van der Waals surface area (Å²) in [5.74, 6) is 0.152. The molecule has 0 aliphatic rings. The predicted octanol–water partition coefficient (Wildman–Crippen LogP) is 12.4. The van der Waals surface area contributed by atoms with Crippen LogP contribution in [0, 0.1) is 25.2 Å². The molecular formula is C41H54ClN3O3. The Bertz CT molecular complexity index is 1660.